The highest BCUT2D eigenvalue weighted by molar-refractivity contribution is 4.78. The van der Waals surface area contributed by atoms with E-state index in [1.165, 1.54) is 32.1 Å². The standard InChI is InChI=1S/C8H14O.C4H6O/c1-2-9-8-6-4-3-5-7-8;1-2-4-5-3-1/h2,8H,1,3-7H2;1,3H,2,4H2. The first-order valence-electron chi connectivity index (χ1n) is 5.46. The van der Waals surface area contributed by atoms with Gasteiger partial charge in [-0.2, -0.15) is 0 Å². The molecule has 0 aromatic carbocycles. The summed E-state index contributed by atoms with van der Waals surface area (Å²) in [6, 6.07) is 0. The van der Waals surface area contributed by atoms with Crippen LogP contribution in [-0.2, 0) is 9.47 Å². The van der Waals surface area contributed by atoms with E-state index >= 15 is 0 Å². The molecule has 14 heavy (non-hydrogen) atoms. The molecule has 0 spiro atoms. The second-order valence-corrected chi connectivity index (χ2v) is 3.59. The van der Waals surface area contributed by atoms with Crippen LogP contribution in [0, 0.1) is 0 Å². The van der Waals surface area contributed by atoms with Crippen molar-refractivity contribution < 1.29 is 9.47 Å². The van der Waals surface area contributed by atoms with Crippen LogP contribution in [0.1, 0.15) is 38.5 Å². The van der Waals surface area contributed by atoms with Crippen molar-refractivity contribution in [1.29, 1.82) is 0 Å². The van der Waals surface area contributed by atoms with Gasteiger partial charge in [0.25, 0.3) is 0 Å². The third kappa shape index (κ3) is 4.95. The molecule has 2 heteroatoms. The van der Waals surface area contributed by atoms with Gasteiger partial charge in [-0.05, 0) is 31.8 Å². The fourth-order valence-corrected chi connectivity index (χ4v) is 1.68. The number of hydrogen-bond donors (Lipinski definition) is 0. The van der Waals surface area contributed by atoms with Gasteiger partial charge in [0.1, 0.15) is 0 Å². The largest absolute Gasteiger partial charge is 0.501 e. The lowest BCUT2D eigenvalue weighted by atomic mass is 9.98. The summed E-state index contributed by atoms with van der Waals surface area (Å²) in [5, 5.41) is 0. The van der Waals surface area contributed by atoms with Gasteiger partial charge in [0.2, 0.25) is 0 Å². The van der Waals surface area contributed by atoms with Crippen LogP contribution in [0.4, 0.5) is 0 Å². The minimum atomic E-state index is 0.483. The Morgan fingerprint density at radius 2 is 2.07 bits per heavy atom. The topological polar surface area (TPSA) is 18.5 Å². The first-order valence-corrected chi connectivity index (χ1v) is 5.46. The molecule has 2 aliphatic rings. The van der Waals surface area contributed by atoms with E-state index in [0.29, 0.717) is 6.10 Å². The summed E-state index contributed by atoms with van der Waals surface area (Å²) in [5.41, 5.74) is 0. The highest BCUT2D eigenvalue weighted by Crippen LogP contribution is 2.19. The average Bonchev–Trinajstić information content (AvgIpc) is 2.78. The quantitative estimate of drug-likeness (QED) is 0.630. The lowest BCUT2D eigenvalue weighted by molar-refractivity contribution is 0.107. The predicted octanol–water partition coefficient (Wildman–Crippen LogP) is 3.40. The SMILES string of the molecule is C1=COCC1.C=COC1CCCCC1. The third-order valence-corrected chi connectivity index (χ3v) is 2.44. The molecule has 80 valence electrons. The molecule has 1 aliphatic carbocycles. The van der Waals surface area contributed by atoms with Crippen LogP contribution in [0.25, 0.3) is 0 Å². The summed E-state index contributed by atoms with van der Waals surface area (Å²) in [5.74, 6) is 0. The van der Waals surface area contributed by atoms with Crippen molar-refractivity contribution >= 4 is 0 Å². The second kappa shape index (κ2) is 7.48. The van der Waals surface area contributed by atoms with Gasteiger partial charge >= 0.3 is 0 Å². The van der Waals surface area contributed by atoms with Crippen LogP contribution >= 0.6 is 0 Å². The Kier molecular flexibility index (Phi) is 5.96. The summed E-state index contributed by atoms with van der Waals surface area (Å²) in [6.07, 6.45) is 13.4. The molecule has 1 saturated carbocycles. The van der Waals surface area contributed by atoms with Gasteiger partial charge in [-0.1, -0.05) is 13.0 Å². The van der Waals surface area contributed by atoms with Crippen molar-refractivity contribution in [1.82, 2.24) is 0 Å². The lowest BCUT2D eigenvalue weighted by Crippen LogP contribution is -2.13. The van der Waals surface area contributed by atoms with E-state index in [1.54, 1.807) is 12.5 Å². The van der Waals surface area contributed by atoms with Crippen molar-refractivity contribution in [3.63, 3.8) is 0 Å². The van der Waals surface area contributed by atoms with Gasteiger partial charge in [-0.25, -0.2) is 0 Å². The molecule has 1 fully saturated rings. The maximum absolute atomic E-state index is 5.25. The Balaban J connectivity index is 0.000000165. The molecule has 0 aromatic rings. The van der Waals surface area contributed by atoms with Crippen LogP contribution in [0.5, 0.6) is 0 Å². The fraction of sp³-hybridized carbons (Fsp3) is 0.667. The maximum Gasteiger partial charge on any atom is 0.0978 e. The first-order chi connectivity index (χ1) is 6.93. The number of ether oxygens (including phenoxy) is 2. The molecule has 0 amide bonds. The zero-order valence-electron chi connectivity index (χ0n) is 8.78. The summed E-state index contributed by atoms with van der Waals surface area (Å²) in [6.45, 7) is 4.42. The molecular formula is C12H20O2. The molecule has 0 N–H and O–H groups in total. The highest BCUT2D eigenvalue weighted by Gasteiger charge is 2.11. The van der Waals surface area contributed by atoms with Crippen LogP contribution in [-0.4, -0.2) is 12.7 Å². The Hall–Kier alpha value is -0.920. The highest BCUT2D eigenvalue weighted by atomic mass is 16.5. The zero-order valence-corrected chi connectivity index (χ0v) is 8.78. The van der Waals surface area contributed by atoms with E-state index in [-0.39, 0.29) is 0 Å². The van der Waals surface area contributed by atoms with Crippen molar-refractivity contribution in [2.75, 3.05) is 6.61 Å². The maximum atomic E-state index is 5.25. The molecular weight excluding hydrogens is 176 g/mol. The van der Waals surface area contributed by atoms with Gasteiger partial charge in [0.15, 0.2) is 0 Å². The smallest absolute Gasteiger partial charge is 0.0978 e. The number of hydrogen-bond acceptors (Lipinski definition) is 2. The molecule has 0 radical (unpaired) electrons. The van der Waals surface area contributed by atoms with Crippen LogP contribution < -0.4 is 0 Å². The zero-order chi connectivity index (χ0) is 10.1. The molecule has 1 aliphatic heterocycles. The second-order valence-electron chi connectivity index (χ2n) is 3.59. The van der Waals surface area contributed by atoms with Crippen LogP contribution in [0.3, 0.4) is 0 Å². The lowest BCUT2D eigenvalue weighted by Gasteiger charge is -2.20. The van der Waals surface area contributed by atoms with E-state index in [1.807, 2.05) is 6.08 Å². The third-order valence-electron chi connectivity index (χ3n) is 2.44. The summed E-state index contributed by atoms with van der Waals surface area (Å²) >= 11 is 0. The molecule has 0 aromatic heterocycles. The summed E-state index contributed by atoms with van der Waals surface area (Å²) < 4.78 is 10.0. The monoisotopic (exact) mass is 196 g/mol. The molecule has 0 saturated heterocycles. The Labute approximate surface area is 86.6 Å². The fourth-order valence-electron chi connectivity index (χ4n) is 1.68. The van der Waals surface area contributed by atoms with E-state index in [9.17, 15) is 0 Å². The number of rotatable bonds is 2. The normalized spacial score (nSPS) is 20.6. The van der Waals surface area contributed by atoms with Crippen molar-refractivity contribution in [3.05, 3.63) is 25.2 Å². The molecule has 0 unspecified atom stereocenters. The molecule has 0 bridgehead atoms. The van der Waals surface area contributed by atoms with Gasteiger partial charge in [0.05, 0.1) is 25.2 Å². The minimum Gasteiger partial charge on any atom is -0.501 e. The predicted molar refractivity (Wildman–Crippen MR) is 57.9 cm³/mol. The van der Waals surface area contributed by atoms with Crippen molar-refractivity contribution in [3.8, 4) is 0 Å². The summed E-state index contributed by atoms with van der Waals surface area (Å²) in [7, 11) is 0. The van der Waals surface area contributed by atoms with Gasteiger partial charge in [-0.3, -0.25) is 0 Å². The van der Waals surface area contributed by atoms with E-state index < -0.39 is 0 Å². The van der Waals surface area contributed by atoms with E-state index in [2.05, 4.69) is 6.58 Å². The van der Waals surface area contributed by atoms with Crippen molar-refractivity contribution in [2.45, 2.75) is 44.6 Å². The van der Waals surface area contributed by atoms with Gasteiger partial charge < -0.3 is 9.47 Å². The van der Waals surface area contributed by atoms with Crippen LogP contribution in [0.2, 0.25) is 0 Å². The molecule has 1 heterocycles. The molecule has 2 nitrogen and oxygen atoms in total. The van der Waals surface area contributed by atoms with Crippen LogP contribution in [0.15, 0.2) is 25.2 Å². The summed E-state index contributed by atoms with van der Waals surface area (Å²) in [4.78, 5) is 0. The average molecular weight is 196 g/mol. The van der Waals surface area contributed by atoms with Crippen molar-refractivity contribution in [2.24, 2.45) is 0 Å². The first kappa shape index (κ1) is 11.2. The van der Waals surface area contributed by atoms with Gasteiger partial charge in [-0.15, -0.1) is 0 Å². The Bertz CT molecular complexity index is 163. The Morgan fingerprint density at radius 1 is 1.29 bits per heavy atom. The molecule has 2 rings (SSSR count). The Morgan fingerprint density at radius 3 is 2.50 bits per heavy atom. The minimum absolute atomic E-state index is 0.483. The molecule has 0 atom stereocenters. The van der Waals surface area contributed by atoms with Gasteiger partial charge in [0, 0.05) is 6.42 Å². The van der Waals surface area contributed by atoms with E-state index in [4.69, 9.17) is 9.47 Å². The van der Waals surface area contributed by atoms with E-state index in [0.717, 1.165) is 13.0 Å².